The van der Waals surface area contributed by atoms with Gasteiger partial charge in [0.2, 0.25) is 0 Å². The summed E-state index contributed by atoms with van der Waals surface area (Å²) in [7, 11) is 2.04. The van der Waals surface area contributed by atoms with Gasteiger partial charge in [-0.2, -0.15) is 5.10 Å². The summed E-state index contributed by atoms with van der Waals surface area (Å²) < 4.78 is 1.61. The van der Waals surface area contributed by atoms with Crippen molar-refractivity contribution in [2.24, 2.45) is 0 Å². The van der Waals surface area contributed by atoms with Crippen molar-refractivity contribution in [3.05, 3.63) is 77.6 Å². The highest BCUT2D eigenvalue weighted by atomic mass is 35.5. The van der Waals surface area contributed by atoms with Gasteiger partial charge in [-0.05, 0) is 36.8 Å². The van der Waals surface area contributed by atoms with Crippen molar-refractivity contribution in [2.75, 3.05) is 25.0 Å². The van der Waals surface area contributed by atoms with Gasteiger partial charge in [0, 0.05) is 32.0 Å². The Balaban J connectivity index is 1.49. The van der Waals surface area contributed by atoms with Crippen molar-refractivity contribution < 1.29 is 4.79 Å². The maximum Gasteiger partial charge on any atom is 0.271 e. The molecular formula is C20H21ClN4O. The Kier molecular flexibility index (Phi) is 5.92. The molecule has 0 atom stereocenters. The van der Waals surface area contributed by atoms with E-state index in [0.29, 0.717) is 17.3 Å². The van der Waals surface area contributed by atoms with Crippen LogP contribution in [0.1, 0.15) is 16.9 Å². The smallest absolute Gasteiger partial charge is 0.271 e. The van der Waals surface area contributed by atoms with Crippen LogP contribution in [0.15, 0.2) is 66.9 Å². The van der Waals surface area contributed by atoms with Gasteiger partial charge < -0.3 is 10.2 Å². The minimum absolute atomic E-state index is 0.182. The van der Waals surface area contributed by atoms with E-state index in [1.807, 2.05) is 43.4 Å². The van der Waals surface area contributed by atoms with E-state index in [-0.39, 0.29) is 5.91 Å². The molecule has 3 aromatic rings. The number of carbonyl (C=O) groups excluding carboxylic acids is 1. The van der Waals surface area contributed by atoms with Crippen molar-refractivity contribution in [2.45, 2.75) is 6.42 Å². The molecule has 134 valence electrons. The summed E-state index contributed by atoms with van der Waals surface area (Å²) in [6.45, 7) is 1.45. The minimum atomic E-state index is -0.182. The van der Waals surface area contributed by atoms with Gasteiger partial charge in [-0.3, -0.25) is 4.79 Å². The lowest BCUT2D eigenvalue weighted by Gasteiger charge is -2.19. The summed E-state index contributed by atoms with van der Waals surface area (Å²) in [4.78, 5) is 14.4. The van der Waals surface area contributed by atoms with E-state index in [0.717, 1.165) is 24.3 Å². The average Bonchev–Trinajstić information content (AvgIpc) is 3.16. The van der Waals surface area contributed by atoms with E-state index in [1.165, 1.54) is 0 Å². The largest absolute Gasteiger partial charge is 0.375 e. The molecule has 2 aromatic carbocycles. The second-order valence-electron chi connectivity index (χ2n) is 5.96. The number of hydrogen-bond acceptors (Lipinski definition) is 3. The van der Waals surface area contributed by atoms with Gasteiger partial charge in [0.05, 0.1) is 10.7 Å². The zero-order valence-corrected chi connectivity index (χ0v) is 15.4. The molecule has 0 aliphatic heterocycles. The number of carbonyl (C=O) groups is 1. The van der Waals surface area contributed by atoms with E-state index >= 15 is 0 Å². The molecular weight excluding hydrogens is 348 g/mol. The molecule has 0 bridgehead atoms. The predicted octanol–water partition coefficient (Wildman–Crippen LogP) is 3.78. The van der Waals surface area contributed by atoms with Gasteiger partial charge in [-0.1, -0.05) is 41.9 Å². The molecule has 0 saturated carbocycles. The van der Waals surface area contributed by atoms with Gasteiger partial charge in [-0.25, -0.2) is 4.68 Å². The van der Waals surface area contributed by atoms with Crippen molar-refractivity contribution in [1.82, 2.24) is 15.1 Å². The summed E-state index contributed by atoms with van der Waals surface area (Å²) in [6.07, 6.45) is 2.58. The van der Waals surface area contributed by atoms with Crippen LogP contribution in [-0.4, -0.2) is 35.8 Å². The first-order chi connectivity index (χ1) is 12.6. The number of anilines is 1. The molecule has 26 heavy (non-hydrogen) atoms. The lowest BCUT2D eigenvalue weighted by molar-refractivity contribution is 0.0948. The number of rotatable bonds is 7. The second kappa shape index (κ2) is 8.54. The lowest BCUT2D eigenvalue weighted by Crippen LogP contribution is -2.28. The highest BCUT2D eigenvalue weighted by molar-refractivity contribution is 6.32. The van der Waals surface area contributed by atoms with Gasteiger partial charge >= 0.3 is 0 Å². The van der Waals surface area contributed by atoms with Crippen molar-refractivity contribution in [3.8, 4) is 5.69 Å². The van der Waals surface area contributed by atoms with Crippen LogP contribution in [0.25, 0.3) is 5.69 Å². The van der Waals surface area contributed by atoms with Crippen LogP contribution in [0.2, 0.25) is 5.02 Å². The molecule has 1 N–H and O–H groups in total. The Morgan fingerprint density at radius 3 is 2.62 bits per heavy atom. The fraction of sp³-hybridized carbons (Fsp3) is 0.200. The third-order valence-corrected chi connectivity index (χ3v) is 4.39. The van der Waals surface area contributed by atoms with Crippen LogP contribution < -0.4 is 10.2 Å². The molecule has 0 spiro atoms. The first-order valence-electron chi connectivity index (χ1n) is 8.50. The number of aromatic nitrogens is 2. The topological polar surface area (TPSA) is 50.2 Å². The summed E-state index contributed by atoms with van der Waals surface area (Å²) in [5.74, 6) is -0.182. The quantitative estimate of drug-likeness (QED) is 0.645. The molecule has 3 rings (SSSR count). The number of nitrogens with zero attached hydrogens (tertiary/aromatic N) is 3. The van der Waals surface area contributed by atoms with Gasteiger partial charge in [0.15, 0.2) is 5.69 Å². The first kappa shape index (κ1) is 18.0. The number of halogens is 1. The van der Waals surface area contributed by atoms with Crippen LogP contribution >= 0.6 is 11.6 Å². The standard InChI is InChI=1S/C20H21ClN4O/c1-24(16-8-3-2-4-9-16)14-7-13-22-20(26)18-12-15-25(23-18)19-11-6-5-10-17(19)21/h2-6,8-12,15H,7,13-14H2,1H3,(H,22,26). The third kappa shape index (κ3) is 4.43. The average molecular weight is 369 g/mol. The molecule has 1 heterocycles. The SMILES string of the molecule is CN(CCCNC(=O)c1ccn(-c2ccccc2Cl)n1)c1ccccc1. The fourth-order valence-corrected chi connectivity index (χ4v) is 2.86. The van der Waals surface area contributed by atoms with Crippen molar-refractivity contribution in [1.29, 1.82) is 0 Å². The monoisotopic (exact) mass is 368 g/mol. The molecule has 0 fully saturated rings. The number of nitrogens with one attached hydrogen (secondary N) is 1. The van der Waals surface area contributed by atoms with Crippen LogP contribution in [0.4, 0.5) is 5.69 Å². The summed E-state index contributed by atoms with van der Waals surface area (Å²) >= 11 is 6.16. The summed E-state index contributed by atoms with van der Waals surface area (Å²) in [6, 6.07) is 19.2. The summed E-state index contributed by atoms with van der Waals surface area (Å²) in [5.41, 5.74) is 2.29. The van der Waals surface area contributed by atoms with Crippen LogP contribution in [-0.2, 0) is 0 Å². The van der Waals surface area contributed by atoms with Crippen molar-refractivity contribution >= 4 is 23.2 Å². The Hall–Kier alpha value is -2.79. The number of hydrogen-bond donors (Lipinski definition) is 1. The van der Waals surface area contributed by atoms with Gasteiger partial charge in [-0.15, -0.1) is 0 Å². The van der Waals surface area contributed by atoms with Gasteiger partial charge in [0.1, 0.15) is 0 Å². The van der Waals surface area contributed by atoms with Crippen LogP contribution in [0, 0.1) is 0 Å². The lowest BCUT2D eigenvalue weighted by atomic mass is 10.3. The Morgan fingerprint density at radius 1 is 1.12 bits per heavy atom. The van der Waals surface area contributed by atoms with E-state index in [4.69, 9.17) is 11.6 Å². The highest BCUT2D eigenvalue weighted by Crippen LogP contribution is 2.19. The van der Waals surface area contributed by atoms with E-state index < -0.39 is 0 Å². The second-order valence-corrected chi connectivity index (χ2v) is 6.37. The maximum absolute atomic E-state index is 12.3. The Morgan fingerprint density at radius 2 is 1.85 bits per heavy atom. The highest BCUT2D eigenvalue weighted by Gasteiger charge is 2.11. The third-order valence-electron chi connectivity index (χ3n) is 4.07. The maximum atomic E-state index is 12.3. The summed E-state index contributed by atoms with van der Waals surface area (Å²) in [5, 5.41) is 7.81. The number of para-hydroxylation sites is 2. The fourth-order valence-electron chi connectivity index (χ4n) is 2.64. The number of amides is 1. The first-order valence-corrected chi connectivity index (χ1v) is 8.88. The normalized spacial score (nSPS) is 10.5. The Bertz CT molecular complexity index is 863. The van der Waals surface area contributed by atoms with E-state index in [1.54, 1.807) is 23.0 Å². The molecule has 0 saturated heterocycles. The van der Waals surface area contributed by atoms with Crippen LogP contribution in [0.5, 0.6) is 0 Å². The molecule has 0 radical (unpaired) electrons. The molecule has 1 aromatic heterocycles. The van der Waals surface area contributed by atoms with Crippen molar-refractivity contribution in [3.63, 3.8) is 0 Å². The zero-order chi connectivity index (χ0) is 18.4. The predicted molar refractivity (Wildman–Crippen MR) is 105 cm³/mol. The Labute approximate surface area is 158 Å². The van der Waals surface area contributed by atoms with E-state index in [2.05, 4.69) is 27.4 Å². The molecule has 0 unspecified atom stereocenters. The minimum Gasteiger partial charge on any atom is -0.375 e. The van der Waals surface area contributed by atoms with Crippen LogP contribution in [0.3, 0.4) is 0 Å². The molecule has 0 aliphatic carbocycles. The molecule has 6 heteroatoms. The number of benzene rings is 2. The molecule has 5 nitrogen and oxygen atoms in total. The molecule has 0 aliphatic rings. The van der Waals surface area contributed by atoms with E-state index in [9.17, 15) is 4.79 Å². The zero-order valence-electron chi connectivity index (χ0n) is 14.6. The van der Waals surface area contributed by atoms with Gasteiger partial charge in [0.25, 0.3) is 5.91 Å². The molecule has 1 amide bonds.